The molecule has 3 N–H and O–H groups in total. The van der Waals surface area contributed by atoms with Crippen molar-refractivity contribution in [3.63, 3.8) is 0 Å². The van der Waals surface area contributed by atoms with Crippen molar-refractivity contribution in [3.8, 4) is 0 Å². The van der Waals surface area contributed by atoms with Crippen LogP contribution in [0.2, 0.25) is 5.02 Å². The van der Waals surface area contributed by atoms with E-state index in [0.717, 1.165) is 12.8 Å². The summed E-state index contributed by atoms with van der Waals surface area (Å²) in [4.78, 5) is 11.9. The van der Waals surface area contributed by atoms with Gasteiger partial charge in [-0.1, -0.05) is 82.7 Å². The summed E-state index contributed by atoms with van der Waals surface area (Å²) in [5, 5.41) is 3.38. The van der Waals surface area contributed by atoms with Gasteiger partial charge in [0.05, 0.1) is 10.7 Å². The summed E-state index contributed by atoms with van der Waals surface area (Å²) in [7, 11) is 0. The molecule has 0 bridgehead atoms. The molecule has 0 radical (unpaired) electrons. The highest BCUT2D eigenvalue weighted by molar-refractivity contribution is 6.33. The minimum atomic E-state index is 0.0487. The van der Waals surface area contributed by atoms with Gasteiger partial charge in [-0.2, -0.15) is 0 Å². The molecule has 0 heterocycles. The number of nitrogen functional groups attached to an aromatic ring is 1. The Morgan fingerprint density at radius 2 is 1.50 bits per heavy atom. The second-order valence-corrected chi connectivity index (χ2v) is 6.98. The van der Waals surface area contributed by atoms with Crippen molar-refractivity contribution in [2.24, 2.45) is 0 Å². The molecule has 0 aromatic heterocycles. The maximum absolute atomic E-state index is 11.9. The third-order valence-electron chi connectivity index (χ3n) is 4.29. The molecule has 3 nitrogen and oxygen atoms in total. The Balaban J connectivity index is 1.97. The number of carbonyl (C=O) groups is 1. The van der Waals surface area contributed by atoms with Crippen LogP contribution in [0.25, 0.3) is 0 Å². The first-order valence-electron chi connectivity index (χ1n) is 9.48. The van der Waals surface area contributed by atoms with Gasteiger partial charge in [0, 0.05) is 12.1 Å². The Kier molecular flexibility index (Phi) is 11.4. The molecule has 0 fully saturated rings. The van der Waals surface area contributed by atoms with Gasteiger partial charge in [-0.05, 0) is 24.6 Å². The molecule has 136 valence electrons. The third-order valence-corrected chi connectivity index (χ3v) is 4.63. The highest BCUT2D eigenvalue weighted by Crippen LogP contribution is 2.22. The van der Waals surface area contributed by atoms with E-state index in [1.807, 2.05) is 0 Å². The predicted octanol–water partition coefficient (Wildman–Crippen LogP) is 6.56. The monoisotopic (exact) mass is 352 g/mol. The van der Waals surface area contributed by atoms with Gasteiger partial charge in [-0.25, -0.2) is 0 Å². The average molecular weight is 353 g/mol. The minimum Gasteiger partial charge on any atom is -0.397 e. The molecule has 0 aliphatic heterocycles. The molecule has 1 rings (SSSR count). The maximum Gasteiger partial charge on any atom is 0.224 e. The molecule has 0 saturated carbocycles. The number of benzene rings is 1. The third kappa shape index (κ3) is 9.82. The fraction of sp³-hybridized carbons (Fsp3) is 0.650. The lowest BCUT2D eigenvalue weighted by Crippen LogP contribution is -2.11. The van der Waals surface area contributed by atoms with E-state index < -0.39 is 0 Å². The van der Waals surface area contributed by atoms with Gasteiger partial charge in [0.15, 0.2) is 0 Å². The van der Waals surface area contributed by atoms with E-state index in [0.29, 0.717) is 22.8 Å². The van der Waals surface area contributed by atoms with E-state index in [1.54, 1.807) is 18.2 Å². The molecule has 1 aromatic rings. The zero-order valence-electron chi connectivity index (χ0n) is 15.1. The fourth-order valence-corrected chi connectivity index (χ4v) is 2.91. The molecule has 0 aliphatic rings. The van der Waals surface area contributed by atoms with Gasteiger partial charge >= 0.3 is 0 Å². The van der Waals surface area contributed by atoms with Gasteiger partial charge in [0.1, 0.15) is 0 Å². The standard InChI is InChI=1S/C20H33ClN2O/c1-2-3-4-5-6-7-8-9-10-11-12-13-20(24)23-17-14-15-18(21)19(22)16-17/h14-16H,2-13,22H2,1H3,(H,23,24). The van der Waals surface area contributed by atoms with Gasteiger partial charge < -0.3 is 11.1 Å². The summed E-state index contributed by atoms with van der Waals surface area (Å²) >= 11 is 5.87. The zero-order chi connectivity index (χ0) is 17.6. The van der Waals surface area contributed by atoms with E-state index in [2.05, 4.69) is 12.2 Å². The number of nitrogens with one attached hydrogen (secondary N) is 1. The van der Waals surface area contributed by atoms with Crippen molar-refractivity contribution in [2.75, 3.05) is 11.1 Å². The lowest BCUT2D eigenvalue weighted by molar-refractivity contribution is -0.116. The fourth-order valence-electron chi connectivity index (χ4n) is 2.79. The van der Waals surface area contributed by atoms with E-state index in [9.17, 15) is 4.79 Å². The molecule has 0 saturated heterocycles. The second kappa shape index (κ2) is 13.1. The van der Waals surface area contributed by atoms with Crippen LogP contribution in [0.1, 0.15) is 84.0 Å². The highest BCUT2D eigenvalue weighted by Gasteiger charge is 2.04. The van der Waals surface area contributed by atoms with Gasteiger partial charge in [-0.15, -0.1) is 0 Å². The topological polar surface area (TPSA) is 55.1 Å². The minimum absolute atomic E-state index is 0.0487. The molecular formula is C20H33ClN2O. The molecule has 1 amide bonds. The Hall–Kier alpha value is -1.22. The van der Waals surface area contributed by atoms with Crippen molar-refractivity contribution in [1.82, 2.24) is 0 Å². The zero-order valence-corrected chi connectivity index (χ0v) is 15.8. The Morgan fingerprint density at radius 3 is 2.04 bits per heavy atom. The van der Waals surface area contributed by atoms with Crippen molar-refractivity contribution in [2.45, 2.75) is 84.0 Å². The Bertz CT molecular complexity index is 477. The van der Waals surface area contributed by atoms with Crippen LogP contribution >= 0.6 is 11.6 Å². The molecule has 0 aliphatic carbocycles. The largest absolute Gasteiger partial charge is 0.397 e. The van der Waals surface area contributed by atoms with Crippen LogP contribution in [-0.4, -0.2) is 5.91 Å². The SMILES string of the molecule is CCCCCCCCCCCCCC(=O)Nc1ccc(Cl)c(N)c1. The number of halogens is 1. The van der Waals surface area contributed by atoms with E-state index in [1.165, 1.54) is 57.8 Å². The molecule has 24 heavy (non-hydrogen) atoms. The molecule has 4 heteroatoms. The van der Waals surface area contributed by atoms with Crippen LogP contribution in [0.15, 0.2) is 18.2 Å². The van der Waals surface area contributed by atoms with E-state index in [-0.39, 0.29) is 5.91 Å². The quantitative estimate of drug-likeness (QED) is 0.312. The first-order chi connectivity index (χ1) is 11.6. The van der Waals surface area contributed by atoms with E-state index >= 15 is 0 Å². The lowest BCUT2D eigenvalue weighted by Gasteiger charge is -2.07. The normalized spacial score (nSPS) is 10.8. The number of carbonyl (C=O) groups excluding carboxylic acids is 1. The summed E-state index contributed by atoms with van der Waals surface area (Å²) < 4.78 is 0. The summed E-state index contributed by atoms with van der Waals surface area (Å²) in [6.45, 7) is 2.26. The Morgan fingerprint density at radius 1 is 0.958 bits per heavy atom. The molecule has 1 aromatic carbocycles. The van der Waals surface area contributed by atoms with Crippen molar-refractivity contribution in [1.29, 1.82) is 0 Å². The summed E-state index contributed by atoms with van der Waals surface area (Å²) in [6.07, 6.45) is 14.7. The number of hydrogen-bond acceptors (Lipinski definition) is 2. The van der Waals surface area contributed by atoms with E-state index in [4.69, 9.17) is 17.3 Å². The predicted molar refractivity (Wildman–Crippen MR) is 106 cm³/mol. The van der Waals surface area contributed by atoms with Crippen molar-refractivity contribution in [3.05, 3.63) is 23.2 Å². The maximum atomic E-state index is 11.9. The summed E-state index contributed by atoms with van der Waals surface area (Å²) in [5.41, 5.74) is 6.93. The average Bonchev–Trinajstić information content (AvgIpc) is 2.56. The smallest absolute Gasteiger partial charge is 0.224 e. The second-order valence-electron chi connectivity index (χ2n) is 6.57. The number of anilines is 2. The molecule has 0 atom stereocenters. The van der Waals surface area contributed by atoms with Crippen LogP contribution in [0.5, 0.6) is 0 Å². The van der Waals surface area contributed by atoms with Gasteiger partial charge in [-0.3, -0.25) is 4.79 Å². The number of hydrogen-bond donors (Lipinski definition) is 2. The van der Waals surface area contributed by atoms with Crippen LogP contribution in [0.3, 0.4) is 0 Å². The van der Waals surface area contributed by atoms with Crippen LogP contribution in [0, 0.1) is 0 Å². The summed E-state index contributed by atoms with van der Waals surface area (Å²) in [5.74, 6) is 0.0487. The molecular weight excluding hydrogens is 320 g/mol. The van der Waals surface area contributed by atoms with Crippen LogP contribution in [0.4, 0.5) is 11.4 Å². The molecule has 0 unspecified atom stereocenters. The van der Waals surface area contributed by atoms with Gasteiger partial charge in [0.2, 0.25) is 5.91 Å². The summed E-state index contributed by atoms with van der Waals surface area (Å²) in [6, 6.07) is 5.17. The number of amides is 1. The molecule has 0 spiro atoms. The number of rotatable bonds is 13. The van der Waals surface area contributed by atoms with Crippen molar-refractivity contribution >= 4 is 28.9 Å². The van der Waals surface area contributed by atoms with Crippen LogP contribution < -0.4 is 11.1 Å². The number of nitrogens with two attached hydrogens (primary N) is 1. The highest BCUT2D eigenvalue weighted by atomic mass is 35.5. The Labute approximate surface area is 152 Å². The lowest BCUT2D eigenvalue weighted by atomic mass is 10.1. The van der Waals surface area contributed by atoms with Gasteiger partial charge in [0.25, 0.3) is 0 Å². The first kappa shape index (κ1) is 20.8. The van der Waals surface area contributed by atoms with Crippen molar-refractivity contribution < 1.29 is 4.79 Å². The number of unbranched alkanes of at least 4 members (excludes halogenated alkanes) is 10. The van der Waals surface area contributed by atoms with Crippen LogP contribution in [-0.2, 0) is 4.79 Å². The first-order valence-corrected chi connectivity index (χ1v) is 9.86.